The van der Waals surface area contributed by atoms with Gasteiger partial charge in [-0.05, 0) is 18.4 Å². The molecule has 1 aromatic heterocycles. The molecular weight excluding hydrogens is 184 g/mol. The first-order valence-corrected chi connectivity index (χ1v) is 5.34. The Kier molecular flexibility index (Phi) is 1.52. The van der Waals surface area contributed by atoms with Gasteiger partial charge in [0.15, 0.2) is 0 Å². The van der Waals surface area contributed by atoms with Crippen LogP contribution in [0.3, 0.4) is 0 Å². The van der Waals surface area contributed by atoms with Gasteiger partial charge in [0, 0.05) is 10.6 Å². The number of rotatable bonds is 1. The molecule has 0 bridgehead atoms. The van der Waals surface area contributed by atoms with Crippen molar-refractivity contribution < 1.29 is 0 Å². The molecule has 54 valence electrons. The van der Waals surface area contributed by atoms with E-state index in [9.17, 15) is 0 Å². The summed E-state index contributed by atoms with van der Waals surface area (Å²) >= 11 is 9.70. The molecule has 0 radical (unpaired) electrons. The summed E-state index contributed by atoms with van der Waals surface area (Å²) in [4.78, 5) is 1.35. The molecule has 1 unspecified atom stereocenters. The maximum Gasteiger partial charge on any atom is 0.0579 e. The van der Waals surface area contributed by atoms with Crippen LogP contribution in [0.5, 0.6) is 0 Å². The Bertz CT molecular complexity index is 250. The summed E-state index contributed by atoms with van der Waals surface area (Å²) in [6.07, 6.45) is 0. The second kappa shape index (κ2) is 2.16. The summed E-state index contributed by atoms with van der Waals surface area (Å²) in [6.45, 7) is 2.25. The van der Waals surface area contributed by atoms with Crippen molar-refractivity contribution in [1.82, 2.24) is 0 Å². The molecule has 1 aliphatic rings. The van der Waals surface area contributed by atoms with E-state index in [0.29, 0.717) is 4.75 Å². The van der Waals surface area contributed by atoms with Crippen LogP contribution in [-0.2, 0) is 4.75 Å². The minimum atomic E-state index is 0.366. The molecule has 0 spiro atoms. The fourth-order valence-electron chi connectivity index (χ4n) is 0.910. The summed E-state index contributed by atoms with van der Waals surface area (Å²) in [6, 6.07) is 1.98. The maximum absolute atomic E-state index is 5.96. The van der Waals surface area contributed by atoms with E-state index < -0.39 is 0 Å². The van der Waals surface area contributed by atoms with Crippen LogP contribution < -0.4 is 0 Å². The van der Waals surface area contributed by atoms with E-state index in [1.165, 1.54) is 10.6 Å². The second-order valence-corrected chi connectivity index (χ2v) is 5.42. The molecule has 10 heavy (non-hydrogen) atoms. The topological polar surface area (TPSA) is 0 Å². The van der Waals surface area contributed by atoms with E-state index in [0.717, 1.165) is 5.02 Å². The predicted octanol–water partition coefficient (Wildman–Crippen LogP) is 3.36. The van der Waals surface area contributed by atoms with Gasteiger partial charge in [0.25, 0.3) is 0 Å². The zero-order valence-corrected chi connectivity index (χ0v) is 7.95. The van der Waals surface area contributed by atoms with Crippen molar-refractivity contribution in [3.63, 3.8) is 0 Å². The van der Waals surface area contributed by atoms with Crippen molar-refractivity contribution in [2.75, 3.05) is 5.75 Å². The minimum Gasteiger partial charge on any atom is -0.147 e. The molecule has 0 saturated carbocycles. The quantitative estimate of drug-likeness (QED) is 0.612. The Morgan fingerprint density at radius 3 is 2.80 bits per heavy atom. The fraction of sp³-hybridized carbons (Fsp3) is 0.429. The first-order chi connectivity index (χ1) is 4.72. The zero-order chi connectivity index (χ0) is 7.19. The lowest BCUT2D eigenvalue weighted by atomic mass is 10.2. The number of hydrogen-bond donors (Lipinski definition) is 0. The van der Waals surface area contributed by atoms with E-state index >= 15 is 0 Å². The molecule has 1 atom stereocenters. The highest BCUT2D eigenvalue weighted by Gasteiger charge is 2.42. The third-order valence-electron chi connectivity index (χ3n) is 1.67. The average molecular weight is 191 g/mol. The Morgan fingerprint density at radius 2 is 2.40 bits per heavy atom. The highest BCUT2D eigenvalue weighted by atomic mass is 35.5. The number of thiophene rings is 1. The van der Waals surface area contributed by atoms with Gasteiger partial charge in [-0.1, -0.05) is 11.6 Å². The van der Waals surface area contributed by atoms with Crippen molar-refractivity contribution in [2.45, 2.75) is 11.7 Å². The van der Waals surface area contributed by atoms with Crippen molar-refractivity contribution in [2.24, 2.45) is 0 Å². The van der Waals surface area contributed by atoms with Gasteiger partial charge in [0.1, 0.15) is 0 Å². The highest BCUT2D eigenvalue weighted by Crippen LogP contribution is 2.56. The lowest BCUT2D eigenvalue weighted by Crippen LogP contribution is -1.95. The molecule has 0 aromatic carbocycles. The monoisotopic (exact) mass is 190 g/mol. The lowest BCUT2D eigenvalue weighted by Gasteiger charge is -2.01. The average Bonchev–Trinajstić information content (AvgIpc) is 2.44. The van der Waals surface area contributed by atoms with E-state index in [-0.39, 0.29) is 0 Å². The molecule has 0 N–H and O–H groups in total. The van der Waals surface area contributed by atoms with E-state index in [1.807, 2.05) is 17.8 Å². The van der Waals surface area contributed by atoms with Crippen LogP contribution >= 0.6 is 34.7 Å². The minimum absolute atomic E-state index is 0.366. The maximum atomic E-state index is 5.96. The van der Waals surface area contributed by atoms with Crippen molar-refractivity contribution >= 4 is 34.7 Å². The van der Waals surface area contributed by atoms with Crippen LogP contribution in [0, 0.1) is 0 Å². The molecule has 1 fully saturated rings. The number of halogens is 1. The summed E-state index contributed by atoms with van der Waals surface area (Å²) in [7, 11) is 0. The number of thioether (sulfide) groups is 1. The second-order valence-electron chi connectivity index (χ2n) is 2.62. The van der Waals surface area contributed by atoms with Gasteiger partial charge in [-0.25, -0.2) is 0 Å². The Morgan fingerprint density at radius 1 is 1.70 bits per heavy atom. The first-order valence-electron chi connectivity index (χ1n) is 3.10. The van der Waals surface area contributed by atoms with E-state index in [2.05, 4.69) is 12.3 Å². The first kappa shape index (κ1) is 7.01. The SMILES string of the molecule is CC1(c2sccc2Cl)CS1. The smallest absolute Gasteiger partial charge is 0.0579 e. The lowest BCUT2D eigenvalue weighted by molar-refractivity contribution is 0.912. The van der Waals surface area contributed by atoms with Crippen LogP contribution in [0.15, 0.2) is 11.4 Å². The van der Waals surface area contributed by atoms with Gasteiger partial charge in [-0.15, -0.1) is 23.1 Å². The molecule has 3 heteroatoms. The summed E-state index contributed by atoms with van der Waals surface area (Å²) < 4.78 is 0.366. The van der Waals surface area contributed by atoms with Gasteiger partial charge in [-0.2, -0.15) is 0 Å². The molecule has 2 rings (SSSR count). The van der Waals surface area contributed by atoms with Crippen LogP contribution in [0.4, 0.5) is 0 Å². The Balaban J connectivity index is 2.42. The third kappa shape index (κ3) is 0.987. The molecule has 0 nitrogen and oxygen atoms in total. The van der Waals surface area contributed by atoms with Gasteiger partial charge < -0.3 is 0 Å². The van der Waals surface area contributed by atoms with Gasteiger partial charge in [-0.3, -0.25) is 0 Å². The normalized spacial score (nSPS) is 30.6. The Hall–Kier alpha value is 0.340. The predicted molar refractivity (Wildman–Crippen MR) is 49.1 cm³/mol. The molecule has 0 aliphatic carbocycles. The molecule has 1 aliphatic heterocycles. The summed E-state index contributed by atoms with van der Waals surface area (Å²) in [5.41, 5.74) is 0. The van der Waals surface area contributed by atoms with E-state index in [1.54, 1.807) is 11.3 Å². The molecule has 1 saturated heterocycles. The third-order valence-corrected chi connectivity index (χ3v) is 4.77. The molecule has 1 aromatic rings. The van der Waals surface area contributed by atoms with Crippen LogP contribution in [-0.4, -0.2) is 5.75 Å². The Labute approximate surface area is 73.6 Å². The molecule has 2 heterocycles. The van der Waals surface area contributed by atoms with Crippen molar-refractivity contribution in [1.29, 1.82) is 0 Å². The van der Waals surface area contributed by atoms with E-state index in [4.69, 9.17) is 11.6 Å². The number of hydrogen-bond acceptors (Lipinski definition) is 2. The zero-order valence-electron chi connectivity index (χ0n) is 5.56. The van der Waals surface area contributed by atoms with Crippen molar-refractivity contribution in [3.05, 3.63) is 21.3 Å². The van der Waals surface area contributed by atoms with Crippen LogP contribution in [0.2, 0.25) is 5.02 Å². The largest absolute Gasteiger partial charge is 0.147 e. The van der Waals surface area contributed by atoms with Crippen LogP contribution in [0.1, 0.15) is 11.8 Å². The standard InChI is InChI=1S/C7H7ClS2/c1-7(4-10-7)6-5(8)2-3-9-6/h2-3H,4H2,1H3. The highest BCUT2D eigenvalue weighted by molar-refractivity contribution is 8.07. The summed E-state index contributed by atoms with van der Waals surface area (Å²) in [5.74, 6) is 1.23. The fourth-order valence-corrected chi connectivity index (χ4v) is 3.30. The van der Waals surface area contributed by atoms with Crippen LogP contribution in [0.25, 0.3) is 0 Å². The summed E-state index contributed by atoms with van der Waals surface area (Å²) in [5, 5.41) is 3.00. The van der Waals surface area contributed by atoms with Gasteiger partial charge >= 0.3 is 0 Å². The van der Waals surface area contributed by atoms with Crippen molar-refractivity contribution in [3.8, 4) is 0 Å². The molecular formula is C7H7ClS2. The van der Waals surface area contributed by atoms with Gasteiger partial charge in [0.05, 0.1) is 9.77 Å². The van der Waals surface area contributed by atoms with Gasteiger partial charge in [0.2, 0.25) is 0 Å². The molecule has 0 amide bonds.